The summed E-state index contributed by atoms with van der Waals surface area (Å²) in [6, 6.07) is 3.90. The molecular weight excluding hydrogens is 304 g/mol. The fraction of sp³-hybridized carbons (Fsp3) is 0.500. The van der Waals surface area contributed by atoms with Crippen molar-refractivity contribution in [1.29, 1.82) is 0 Å². The number of hydrogen-bond donors (Lipinski definition) is 0. The number of carbonyl (C=O) groups is 1. The van der Waals surface area contributed by atoms with Gasteiger partial charge in [0.15, 0.2) is 0 Å². The van der Waals surface area contributed by atoms with E-state index in [0.717, 1.165) is 37.3 Å². The lowest BCUT2D eigenvalue weighted by molar-refractivity contribution is -0.134. The standard InChI is InChI=1S/C18H24N4O2/c1-2-17-20-9-10-21(17)14-18(23)22(13-16-4-3-11-24-16)12-15-5-7-19-8-6-15/h5-10,16H,2-4,11-14H2,1H3/t16-/m0/s1. The quantitative estimate of drug-likeness (QED) is 0.780. The summed E-state index contributed by atoms with van der Waals surface area (Å²) in [4.78, 5) is 23.1. The molecule has 0 spiro atoms. The monoisotopic (exact) mass is 328 g/mol. The largest absolute Gasteiger partial charge is 0.376 e. The average molecular weight is 328 g/mol. The van der Waals surface area contributed by atoms with Crippen molar-refractivity contribution in [3.63, 3.8) is 0 Å². The SMILES string of the molecule is CCc1nccn1CC(=O)N(Cc1ccncc1)C[C@@H]1CCCO1. The van der Waals surface area contributed by atoms with Crippen LogP contribution in [0.25, 0.3) is 0 Å². The van der Waals surface area contributed by atoms with Crippen LogP contribution in [-0.2, 0) is 29.0 Å². The smallest absolute Gasteiger partial charge is 0.242 e. The van der Waals surface area contributed by atoms with Crippen LogP contribution in [0.1, 0.15) is 31.2 Å². The Kier molecular flexibility index (Phi) is 5.59. The molecule has 1 saturated heterocycles. The first-order chi connectivity index (χ1) is 11.8. The molecule has 2 aromatic heterocycles. The molecule has 6 heteroatoms. The van der Waals surface area contributed by atoms with Gasteiger partial charge in [-0.05, 0) is 30.5 Å². The van der Waals surface area contributed by atoms with Crippen molar-refractivity contribution in [2.24, 2.45) is 0 Å². The highest BCUT2D eigenvalue weighted by molar-refractivity contribution is 5.76. The van der Waals surface area contributed by atoms with E-state index < -0.39 is 0 Å². The van der Waals surface area contributed by atoms with E-state index in [9.17, 15) is 4.79 Å². The topological polar surface area (TPSA) is 60.2 Å². The number of carbonyl (C=O) groups excluding carboxylic acids is 1. The molecule has 3 heterocycles. The van der Waals surface area contributed by atoms with Crippen molar-refractivity contribution in [1.82, 2.24) is 19.4 Å². The van der Waals surface area contributed by atoms with Gasteiger partial charge in [0, 0.05) is 50.9 Å². The number of aryl methyl sites for hydroxylation is 1. The van der Waals surface area contributed by atoms with Crippen LogP contribution in [0.2, 0.25) is 0 Å². The Morgan fingerprint density at radius 2 is 2.21 bits per heavy atom. The van der Waals surface area contributed by atoms with Crippen molar-refractivity contribution in [3.8, 4) is 0 Å². The Morgan fingerprint density at radius 3 is 2.92 bits per heavy atom. The van der Waals surface area contributed by atoms with Gasteiger partial charge in [-0.3, -0.25) is 9.78 Å². The van der Waals surface area contributed by atoms with Crippen LogP contribution >= 0.6 is 0 Å². The average Bonchev–Trinajstić information content (AvgIpc) is 3.26. The second-order valence-electron chi connectivity index (χ2n) is 6.09. The number of nitrogens with zero attached hydrogens (tertiary/aromatic N) is 4. The van der Waals surface area contributed by atoms with Gasteiger partial charge in [-0.1, -0.05) is 6.92 Å². The fourth-order valence-electron chi connectivity index (χ4n) is 3.04. The molecule has 0 bridgehead atoms. The number of hydrogen-bond acceptors (Lipinski definition) is 4. The van der Waals surface area contributed by atoms with E-state index >= 15 is 0 Å². The Balaban J connectivity index is 1.71. The van der Waals surface area contributed by atoms with Gasteiger partial charge in [-0.2, -0.15) is 0 Å². The van der Waals surface area contributed by atoms with E-state index in [1.807, 2.05) is 34.7 Å². The number of rotatable bonds is 7. The van der Waals surface area contributed by atoms with E-state index in [1.165, 1.54) is 0 Å². The highest BCUT2D eigenvalue weighted by Gasteiger charge is 2.23. The van der Waals surface area contributed by atoms with Crippen molar-refractivity contribution in [2.75, 3.05) is 13.2 Å². The minimum absolute atomic E-state index is 0.0926. The highest BCUT2D eigenvalue weighted by Crippen LogP contribution is 2.16. The molecule has 0 saturated carbocycles. The maximum atomic E-state index is 12.9. The van der Waals surface area contributed by atoms with E-state index in [2.05, 4.69) is 9.97 Å². The molecule has 24 heavy (non-hydrogen) atoms. The third-order valence-electron chi connectivity index (χ3n) is 4.35. The molecule has 128 valence electrons. The molecule has 0 aliphatic carbocycles. The van der Waals surface area contributed by atoms with Crippen LogP contribution in [0.15, 0.2) is 36.9 Å². The van der Waals surface area contributed by atoms with Crippen molar-refractivity contribution < 1.29 is 9.53 Å². The number of amides is 1. The molecule has 0 N–H and O–H groups in total. The van der Waals surface area contributed by atoms with Crippen LogP contribution in [0.3, 0.4) is 0 Å². The van der Waals surface area contributed by atoms with Crippen molar-refractivity contribution in [2.45, 2.75) is 45.4 Å². The minimum atomic E-state index is 0.0926. The molecule has 0 radical (unpaired) electrons. The lowest BCUT2D eigenvalue weighted by Gasteiger charge is -2.26. The third kappa shape index (κ3) is 4.20. The van der Waals surface area contributed by atoms with Gasteiger partial charge in [0.05, 0.1) is 6.10 Å². The number of pyridine rings is 1. The number of ether oxygens (including phenoxy) is 1. The summed E-state index contributed by atoms with van der Waals surface area (Å²) in [5, 5.41) is 0. The number of aromatic nitrogens is 3. The molecule has 1 amide bonds. The van der Waals surface area contributed by atoms with Crippen LogP contribution < -0.4 is 0 Å². The first-order valence-corrected chi connectivity index (χ1v) is 8.54. The van der Waals surface area contributed by atoms with Crippen LogP contribution in [0.5, 0.6) is 0 Å². The predicted octanol–water partition coefficient (Wildman–Crippen LogP) is 2.05. The molecule has 1 aliphatic rings. The Labute approximate surface area is 142 Å². The van der Waals surface area contributed by atoms with E-state index in [-0.39, 0.29) is 12.0 Å². The summed E-state index contributed by atoms with van der Waals surface area (Å²) in [5.41, 5.74) is 1.08. The Bertz CT molecular complexity index is 650. The highest BCUT2D eigenvalue weighted by atomic mass is 16.5. The summed E-state index contributed by atoms with van der Waals surface area (Å²) in [7, 11) is 0. The van der Waals surface area contributed by atoms with E-state index in [4.69, 9.17) is 4.74 Å². The van der Waals surface area contributed by atoms with Gasteiger partial charge in [-0.25, -0.2) is 4.98 Å². The van der Waals surface area contributed by atoms with Gasteiger partial charge in [0.1, 0.15) is 12.4 Å². The summed E-state index contributed by atoms with van der Waals surface area (Å²) in [6.07, 6.45) is 10.2. The van der Waals surface area contributed by atoms with Gasteiger partial charge in [-0.15, -0.1) is 0 Å². The summed E-state index contributed by atoms with van der Waals surface area (Å²) in [6.45, 7) is 4.38. The van der Waals surface area contributed by atoms with E-state index in [1.54, 1.807) is 18.6 Å². The molecule has 2 aromatic rings. The van der Waals surface area contributed by atoms with Crippen molar-refractivity contribution >= 4 is 5.91 Å². The molecular formula is C18H24N4O2. The molecule has 6 nitrogen and oxygen atoms in total. The molecule has 1 aliphatic heterocycles. The van der Waals surface area contributed by atoms with Crippen molar-refractivity contribution in [3.05, 3.63) is 48.3 Å². The Hall–Kier alpha value is -2.21. The molecule has 0 aromatic carbocycles. The maximum absolute atomic E-state index is 12.9. The summed E-state index contributed by atoms with van der Waals surface area (Å²) in [5.74, 6) is 1.03. The summed E-state index contributed by atoms with van der Waals surface area (Å²) < 4.78 is 7.65. The van der Waals surface area contributed by atoms with Gasteiger partial charge >= 0.3 is 0 Å². The first kappa shape index (κ1) is 16.6. The fourth-order valence-corrected chi connectivity index (χ4v) is 3.04. The second-order valence-corrected chi connectivity index (χ2v) is 6.09. The van der Waals surface area contributed by atoms with Crippen LogP contribution in [0, 0.1) is 0 Å². The third-order valence-corrected chi connectivity index (χ3v) is 4.35. The van der Waals surface area contributed by atoms with Crippen LogP contribution in [0.4, 0.5) is 0 Å². The lowest BCUT2D eigenvalue weighted by atomic mass is 10.2. The van der Waals surface area contributed by atoms with Gasteiger partial charge in [0.2, 0.25) is 5.91 Å². The van der Waals surface area contributed by atoms with E-state index in [0.29, 0.717) is 19.6 Å². The molecule has 1 fully saturated rings. The number of imidazole rings is 1. The minimum Gasteiger partial charge on any atom is -0.376 e. The maximum Gasteiger partial charge on any atom is 0.242 e. The molecule has 3 rings (SSSR count). The lowest BCUT2D eigenvalue weighted by Crippen LogP contribution is -2.39. The normalized spacial score (nSPS) is 17.1. The molecule has 0 unspecified atom stereocenters. The van der Waals surface area contributed by atoms with Gasteiger partial charge in [0.25, 0.3) is 0 Å². The predicted molar refractivity (Wildman–Crippen MR) is 90.2 cm³/mol. The van der Waals surface area contributed by atoms with Gasteiger partial charge < -0.3 is 14.2 Å². The Morgan fingerprint density at radius 1 is 1.38 bits per heavy atom. The summed E-state index contributed by atoms with van der Waals surface area (Å²) >= 11 is 0. The molecule has 1 atom stereocenters. The zero-order chi connectivity index (χ0) is 16.8. The zero-order valence-electron chi connectivity index (χ0n) is 14.1. The zero-order valence-corrected chi connectivity index (χ0v) is 14.1. The second kappa shape index (κ2) is 8.06. The van der Waals surface area contributed by atoms with Crippen LogP contribution in [-0.4, -0.2) is 44.6 Å². The first-order valence-electron chi connectivity index (χ1n) is 8.54.